The summed E-state index contributed by atoms with van der Waals surface area (Å²) in [5.74, 6) is -1.02. The number of carbonyl (C=O) groups is 3. The van der Waals surface area contributed by atoms with Gasteiger partial charge in [-0.2, -0.15) is 0 Å². The first kappa shape index (κ1) is 24.8. The van der Waals surface area contributed by atoms with Crippen LogP contribution < -0.4 is 5.32 Å². The molecule has 7 heteroatoms. The third-order valence-electron chi connectivity index (χ3n) is 7.67. The molecule has 1 aliphatic carbocycles. The quantitative estimate of drug-likeness (QED) is 0.568. The minimum absolute atomic E-state index is 0.0474. The van der Waals surface area contributed by atoms with Crippen molar-refractivity contribution >= 4 is 18.0 Å². The van der Waals surface area contributed by atoms with Crippen molar-refractivity contribution in [2.45, 2.75) is 57.9 Å². The van der Waals surface area contributed by atoms with Crippen molar-refractivity contribution in [2.75, 3.05) is 19.7 Å². The average Bonchev–Trinajstić information content (AvgIpc) is 3.20. The van der Waals surface area contributed by atoms with Crippen LogP contribution in [0.4, 0.5) is 4.79 Å². The number of hydrogen-bond acceptors (Lipinski definition) is 4. The van der Waals surface area contributed by atoms with Gasteiger partial charge in [-0.15, -0.1) is 0 Å². The van der Waals surface area contributed by atoms with E-state index in [0.717, 1.165) is 28.7 Å². The Balaban J connectivity index is 1.38. The van der Waals surface area contributed by atoms with Gasteiger partial charge in [-0.25, -0.2) is 4.79 Å². The Hall–Kier alpha value is -3.35. The van der Waals surface area contributed by atoms with Gasteiger partial charge in [0.15, 0.2) is 0 Å². The van der Waals surface area contributed by atoms with Gasteiger partial charge in [0, 0.05) is 19.0 Å². The Labute approximate surface area is 206 Å². The minimum Gasteiger partial charge on any atom is -0.481 e. The molecule has 1 fully saturated rings. The number of hydrogen-bond donors (Lipinski definition) is 2. The summed E-state index contributed by atoms with van der Waals surface area (Å²) in [7, 11) is 0. The zero-order valence-electron chi connectivity index (χ0n) is 20.5. The zero-order chi connectivity index (χ0) is 25.0. The number of piperidine rings is 1. The van der Waals surface area contributed by atoms with Gasteiger partial charge < -0.3 is 20.1 Å². The Morgan fingerprint density at radius 3 is 2.11 bits per heavy atom. The van der Waals surface area contributed by atoms with Crippen LogP contribution in [0.2, 0.25) is 0 Å². The first-order valence-corrected chi connectivity index (χ1v) is 12.5. The number of nitrogens with one attached hydrogen (secondary N) is 1. The number of aliphatic carboxylic acids is 1. The standard InChI is InChI=1S/C28H34N2O5/c1-3-9-24(25(31)30-16-14-28(4-2,15-17-30)26(32)33)29-27(34)35-18-23-21-12-7-5-10-19(21)20-11-6-8-13-22(20)23/h5-8,10-13,23-24H,3-4,9,14-18H2,1-2H3,(H,29,34)(H,32,33). The molecule has 1 aliphatic heterocycles. The molecule has 186 valence electrons. The maximum atomic E-state index is 13.2. The molecule has 7 nitrogen and oxygen atoms in total. The highest BCUT2D eigenvalue weighted by molar-refractivity contribution is 5.86. The van der Waals surface area contributed by atoms with Crippen LogP contribution in [0.15, 0.2) is 48.5 Å². The topological polar surface area (TPSA) is 95.9 Å². The first-order valence-electron chi connectivity index (χ1n) is 12.5. The summed E-state index contributed by atoms with van der Waals surface area (Å²) in [6.45, 7) is 4.79. The summed E-state index contributed by atoms with van der Waals surface area (Å²) in [5.41, 5.74) is 3.82. The number of carboxylic acids is 1. The number of fused-ring (bicyclic) bond motifs is 3. The molecule has 0 spiro atoms. The van der Waals surface area contributed by atoms with Gasteiger partial charge >= 0.3 is 12.1 Å². The van der Waals surface area contributed by atoms with Crippen LogP contribution in [-0.2, 0) is 14.3 Å². The molecule has 4 rings (SSSR count). The molecule has 2 aliphatic rings. The van der Waals surface area contributed by atoms with Crippen LogP contribution in [0.1, 0.15) is 63.0 Å². The lowest BCUT2D eigenvalue weighted by atomic mass is 9.76. The molecule has 0 saturated carbocycles. The second-order valence-electron chi connectivity index (χ2n) is 9.58. The van der Waals surface area contributed by atoms with Crippen LogP contribution >= 0.6 is 0 Å². The Bertz CT molecular complexity index is 1040. The van der Waals surface area contributed by atoms with Crippen molar-refractivity contribution in [1.29, 1.82) is 0 Å². The van der Waals surface area contributed by atoms with E-state index in [2.05, 4.69) is 29.6 Å². The predicted molar refractivity (Wildman–Crippen MR) is 133 cm³/mol. The summed E-state index contributed by atoms with van der Waals surface area (Å²) in [4.78, 5) is 39.3. The number of carbonyl (C=O) groups excluding carboxylic acids is 2. The lowest BCUT2D eigenvalue weighted by molar-refractivity contribution is -0.155. The largest absolute Gasteiger partial charge is 0.481 e. The van der Waals surface area contributed by atoms with Crippen molar-refractivity contribution in [1.82, 2.24) is 10.2 Å². The Kier molecular flexibility index (Phi) is 7.43. The molecule has 0 aromatic heterocycles. The van der Waals surface area contributed by atoms with Crippen molar-refractivity contribution in [3.8, 4) is 11.1 Å². The lowest BCUT2D eigenvalue weighted by Gasteiger charge is -2.39. The number of amides is 2. The average molecular weight is 479 g/mol. The summed E-state index contributed by atoms with van der Waals surface area (Å²) in [6.07, 6.45) is 2.01. The molecule has 1 heterocycles. The molecular formula is C28H34N2O5. The highest BCUT2D eigenvalue weighted by Gasteiger charge is 2.41. The first-order chi connectivity index (χ1) is 16.9. The van der Waals surface area contributed by atoms with Crippen LogP contribution in [-0.4, -0.2) is 53.7 Å². The number of benzene rings is 2. The van der Waals surface area contributed by atoms with Crippen LogP contribution in [0.3, 0.4) is 0 Å². The minimum atomic E-state index is -0.797. The molecule has 2 amide bonds. The summed E-state index contributed by atoms with van der Waals surface area (Å²) in [6, 6.07) is 15.6. The molecule has 0 radical (unpaired) electrons. The molecule has 1 unspecified atom stereocenters. The van der Waals surface area contributed by atoms with E-state index in [1.165, 1.54) is 0 Å². The molecule has 2 N–H and O–H groups in total. The van der Waals surface area contributed by atoms with Gasteiger partial charge in [0.25, 0.3) is 0 Å². The van der Waals surface area contributed by atoms with Gasteiger partial charge in [-0.1, -0.05) is 68.8 Å². The van der Waals surface area contributed by atoms with Gasteiger partial charge in [-0.05, 0) is 47.9 Å². The second-order valence-corrected chi connectivity index (χ2v) is 9.58. The molecule has 1 saturated heterocycles. The number of rotatable bonds is 8. The highest BCUT2D eigenvalue weighted by Crippen LogP contribution is 2.44. The molecule has 0 bridgehead atoms. The number of alkyl carbamates (subject to hydrolysis) is 1. The Morgan fingerprint density at radius 2 is 1.60 bits per heavy atom. The predicted octanol–water partition coefficient (Wildman–Crippen LogP) is 4.80. The Morgan fingerprint density at radius 1 is 1.03 bits per heavy atom. The van der Waals surface area contributed by atoms with E-state index in [9.17, 15) is 19.5 Å². The van der Waals surface area contributed by atoms with E-state index in [-0.39, 0.29) is 18.4 Å². The highest BCUT2D eigenvalue weighted by atomic mass is 16.5. The van der Waals surface area contributed by atoms with Crippen molar-refractivity contribution in [3.63, 3.8) is 0 Å². The maximum absolute atomic E-state index is 13.2. The molecule has 1 atom stereocenters. The van der Waals surface area contributed by atoms with E-state index in [4.69, 9.17) is 4.74 Å². The third-order valence-corrected chi connectivity index (χ3v) is 7.67. The zero-order valence-corrected chi connectivity index (χ0v) is 20.5. The number of ether oxygens (including phenoxy) is 1. The summed E-state index contributed by atoms with van der Waals surface area (Å²) >= 11 is 0. The van der Waals surface area contributed by atoms with Gasteiger partial charge in [-0.3, -0.25) is 9.59 Å². The molecule has 2 aromatic carbocycles. The fraction of sp³-hybridized carbons (Fsp3) is 0.464. The van der Waals surface area contributed by atoms with E-state index < -0.39 is 23.5 Å². The summed E-state index contributed by atoms with van der Waals surface area (Å²) in [5, 5.41) is 12.4. The molecular weight excluding hydrogens is 444 g/mol. The van der Waals surface area contributed by atoms with E-state index >= 15 is 0 Å². The number of nitrogens with zero attached hydrogens (tertiary/aromatic N) is 1. The van der Waals surface area contributed by atoms with Crippen molar-refractivity contribution in [3.05, 3.63) is 59.7 Å². The van der Waals surface area contributed by atoms with Crippen molar-refractivity contribution in [2.24, 2.45) is 5.41 Å². The number of likely N-dealkylation sites (tertiary alicyclic amines) is 1. The van der Waals surface area contributed by atoms with Crippen LogP contribution in [0.5, 0.6) is 0 Å². The van der Waals surface area contributed by atoms with E-state index in [1.807, 2.05) is 38.1 Å². The van der Waals surface area contributed by atoms with Crippen molar-refractivity contribution < 1.29 is 24.2 Å². The SMILES string of the molecule is CCCC(NC(=O)OCC1c2ccccc2-c2ccccc21)C(=O)N1CCC(CC)(C(=O)O)CC1. The normalized spacial score (nSPS) is 17.3. The summed E-state index contributed by atoms with van der Waals surface area (Å²) < 4.78 is 5.64. The van der Waals surface area contributed by atoms with Gasteiger partial charge in [0.2, 0.25) is 5.91 Å². The van der Waals surface area contributed by atoms with Crippen LogP contribution in [0.25, 0.3) is 11.1 Å². The smallest absolute Gasteiger partial charge is 0.407 e. The van der Waals surface area contributed by atoms with Crippen LogP contribution in [0, 0.1) is 5.41 Å². The fourth-order valence-electron chi connectivity index (χ4n) is 5.42. The number of carboxylic acid groups (broad SMARTS) is 1. The van der Waals surface area contributed by atoms with E-state index in [0.29, 0.717) is 38.8 Å². The van der Waals surface area contributed by atoms with Gasteiger partial charge in [0.05, 0.1) is 5.41 Å². The monoisotopic (exact) mass is 478 g/mol. The molecule has 35 heavy (non-hydrogen) atoms. The second kappa shape index (κ2) is 10.5. The van der Waals surface area contributed by atoms with Gasteiger partial charge in [0.1, 0.15) is 12.6 Å². The lowest BCUT2D eigenvalue weighted by Crippen LogP contribution is -2.53. The third kappa shape index (κ3) is 4.90. The maximum Gasteiger partial charge on any atom is 0.407 e. The van der Waals surface area contributed by atoms with E-state index in [1.54, 1.807) is 4.90 Å². The fourth-order valence-corrected chi connectivity index (χ4v) is 5.42. The molecule has 2 aromatic rings.